The summed E-state index contributed by atoms with van der Waals surface area (Å²) in [7, 11) is 0. The first-order chi connectivity index (χ1) is 7.51. The molecular formula is C10H7ClN2O3. The van der Waals surface area contributed by atoms with E-state index in [0.29, 0.717) is 5.56 Å². The summed E-state index contributed by atoms with van der Waals surface area (Å²) in [6, 6.07) is 4.30. The minimum atomic E-state index is -0.687. The van der Waals surface area contributed by atoms with Crippen molar-refractivity contribution in [2.75, 3.05) is 5.88 Å². The molecule has 0 fully saturated rings. The summed E-state index contributed by atoms with van der Waals surface area (Å²) in [5.74, 6) is -0.844. The normalized spacial score (nSPS) is 9.56. The van der Waals surface area contributed by atoms with E-state index in [-0.39, 0.29) is 22.7 Å². The third-order valence-electron chi connectivity index (χ3n) is 2.04. The van der Waals surface area contributed by atoms with Crippen molar-refractivity contribution < 1.29 is 9.72 Å². The molecule has 0 aliphatic heterocycles. The molecule has 0 saturated heterocycles. The van der Waals surface area contributed by atoms with Crippen molar-refractivity contribution in [1.82, 2.24) is 0 Å². The van der Waals surface area contributed by atoms with Crippen LogP contribution in [0.3, 0.4) is 0 Å². The molecule has 5 nitrogen and oxygen atoms in total. The zero-order chi connectivity index (χ0) is 12.3. The molecule has 1 rings (SSSR count). The number of alkyl halides is 1. The summed E-state index contributed by atoms with van der Waals surface area (Å²) in [6.07, 6.45) is 0. The second-order valence-electron chi connectivity index (χ2n) is 3.11. The van der Waals surface area contributed by atoms with Gasteiger partial charge in [0.2, 0.25) is 0 Å². The topological polar surface area (TPSA) is 84.0 Å². The van der Waals surface area contributed by atoms with Crippen LogP contribution in [0.2, 0.25) is 0 Å². The van der Waals surface area contributed by atoms with Crippen LogP contribution in [-0.2, 0) is 0 Å². The molecule has 16 heavy (non-hydrogen) atoms. The molecule has 0 bridgehead atoms. The van der Waals surface area contributed by atoms with Crippen LogP contribution in [0.4, 0.5) is 5.69 Å². The quantitative estimate of drug-likeness (QED) is 0.350. The van der Waals surface area contributed by atoms with E-state index in [2.05, 4.69) is 0 Å². The van der Waals surface area contributed by atoms with Crippen LogP contribution >= 0.6 is 11.6 Å². The number of benzene rings is 1. The number of nitrogens with zero attached hydrogens (tertiary/aromatic N) is 2. The molecule has 0 aliphatic rings. The average molecular weight is 239 g/mol. The van der Waals surface area contributed by atoms with Gasteiger partial charge in [0.25, 0.3) is 5.69 Å². The number of nitriles is 1. The number of aryl methyl sites for hydroxylation is 1. The highest BCUT2D eigenvalue weighted by Gasteiger charge is 2.22. The lowest BCUT2D eigenvalue weighted by molar-refractivity contribution is -0.385. The minimum Gasteiger partial charge on any atom is -0.293 e. The molecule has 6 heteroatoms. The molecule has 0 atom stereocenters. The minimum absolute atomic E-state index is 0.0287. The smallest absolute Gasteiger partial charge is 0.281 e. The molecular weight excluding hydrogens is 232 g/mol. The molecule has 1 aromatic rings. The summed E-state index contributed by atoms with van der Waals surface area (Å²) in [4.78, 5) is 21.5. The number of hydrogen-bond donors (Lipinski definition) is 0. The summed E-state index contributed by atoms with van der Waals surface area (Å²) >= 11 is 5.37. The molecule has 0 spiro atoms. The van der Waals surface area contributed by atoms with E-state index in [1.165, 1.54) is 13.0 Å². The lowest BCUT2D eigenvalue weighted by atomic mass is 10.0. The number of nitro groups is 1. The molecule has 0 aromatic heterocycles. The lowest BCUT2D eigenvalue weighted by Gasteiger charge is -2.04. The Hall–Kier alpha value is -1.93. The maximum Gasteiger partial charge on any atom is 0.281 e. The van der Waals surface area contributed by atoms with E-state index in [1.807, 2.05) is 0 Å². The first-order valence-corrected chi connectivity index (χ1v) is 4.83. The maximum atomic E-state index is 11.4. The van der Waals surface area contributed by atoms with Gasteiger partial charge in [-0.2, -0.15) is 5.26 Å². The maximum absolute atomic E-state index is 11.4. The van der Waals surface area contributed by atoms with Gasteiger partial charge in [0, 0.05) is 6.07 Å². The van der Waals surface area contributed by atoms with Crippen LogP contribution in [0.5, 0.6) is 0 Å². The SMILES string of the molecule is Cc1cc(C#N)cc([N+](=O)[O-])c1C(=O)CCl. The van der Waals surface area contributed by atoms with E-state index in [0.717, 1.165) is 6.07 Å². The number of carbonyl (C=O) groups excluding carboxylic acids is 1. The molecule has 82 valence electrons. The molecule has 0 heterocycles. The van der Waals surface area contributed by atoms with E-state index >= 15 is 0 Å². The number of ketones is 1. The Morgan fingerprint density at radius 2 is 2.25 bits per heavy atom. The predicted octanol–water partition coefficient (Wildman–Crippen LogP) is 2.20. The molecule has 0 saturated carbocycles. The van der Waals surface area contributed by atoms with Gasteiger partial charge in [-0.05, 0) is 18.6 Å². The first kappa shape index (κ1) is 12.1. The van der Waals surface area contributed by atoms with Crippen LogP contribution in [0.25, 0.3) is 0 Å². The Balaban J connectivity index is 3.53. The number of rotatable bonds is 3. The van der Waals surface area contributed by atoms with E-state index in [4.69, 9.17) is 16.9 Å². The molecule has 0 aliphatic carbocycles. The number of carbonyl (C=O) groups is 1. The third kappa shape index (κ3) is 2.18. The summed E-state index contributed by atoms with van der Waals surface area (Å²) in [6.45, 7) is 1.54. The van der Waals surface area contributed by atoms with Gasteiger partial charge in [0.1, 0.15) is 0 Å². The summed E-state index contributed by atoms with van der Waals surface area (Å²) in [5, 5.41) is 19.4. The van der Waals surface area contributed by atoms with Crippen molar-refractivity contribution in [1.29, 1.82) is 5.26 Å². The number of hydrogen-bond acceptors (Lipinski definition) is 4. The second kappa shape index (κ2) is 4.73. The number of nitro benzene ring substituents is 1. The van der Waals surface area contributed by atoms with E-state index < -0.39 is 10.7 Å². The van der Waals surface area contributed by atoms with Crippen molar-refractivity contribution >= 4 is 23.1 Å². The second-order valence-corrected chi connectivity index (χ2v) is 3.38. The number of halogens is 1. The van der Waals surface area contributed by atoms with Crippen LogP contribution in [-0.4, -0.2) is 16.6 Å². The van der Waals surface area contributed by atoms with E-state index in [9.17, 15) is 14.9 Å². The number of Topliss-reactive ketones (excluding diaryl/α,β-unsaturated/α-hetero) is 1. The Labute approximate surface area is 96.4 Å². The standard InChI is InChI=1S/C10H7ClN2O3/c1-6-2-7(5-12)3-8(13(15)16)10(6)9(14)4-11/h2-3H,4H2,1H3. The fraction of sp³-hybridized carbons (Fsp3) is 0.200. The molecule has 0 unspecified atom stereocenters. The van der Waals surface area contributed by atoms with Crippen molar-refractivity contribution in [3.8, 4) is 6.07 Å². The Kier molecular flexibility index (Phi) is 3.59. The monoisotopic (exact) mass is 238 g/mol. The fourth-order valence-electron chi connectivity index (χ4n) is 1.41. The Morgan fingerprint density at radius 1 is 1.62 bits per heavy atom. The average Bonchev–Trinajstić information content (AvgIpc) is 2.26. The zero-order valence-electron chi connectivity index (χ0n) is 8.36. The van der Waals surface area contributed by atoms with Crippen LogP contribution < -0.4 is 0 Å². The highest BCUT2D eigenvalue weighted by atomic mass is 35.5. The van der Waals surface area contributed by atoms with Gasteiger partial charge in [-0.3, -0.25) is 14.9 Å². The Morgan fingerprint density at radius 3 is 2.69 bits per heavy atom. The van der Waals surface area contributed by atoms with Gasteiger partial charge in [-0.15, -0.1) is 11.6 Å². The van der Waals surface area contributed by atoms with Crippen molar-refractivity contribution in [3.63, 3.8) is 0 Å². The van der Waals surface area contributed by atoms with Crippen LogP contribution in [0.1, 0.15) is 21.5 Å². The van der Waals surface area contributed by atoms with Crippen molar-refractivity contribution in [3.05, 3.63) is 38.9 Å². The van der Waals surface area contributed by atoms with Gasteiger partial charge in [0.05, 0.1) is 28.0 Å². The predicted molar refractivity (Wildman–Crippen MR) is 57.6 cm³/mol. The zero-order valence-corrected chi connectivity index (χ0v) is 9.11. The largest absolute Gasteiger partial charge is 0.293 e. The van der Waals surface area contributed by atoms with Gasteiger partial charge < -0.3 is 0 Å². The lowest BCUT2D eigenvalue weighted by Crippen LogP contribution is -2.08. The van der Waals surface area contributed by atoms with Crippen molar-refractivity contribution in [2.45, 2.75) is 6.92 Å². The molecule has 1 aromatic carbocycles. The van der Waals surface area contributed by atoms with Crippen LogP contribution in [0, 0.1) is 28.4 Å². The summed E-state index contributed by atoms with van der Waals surface area (Å²) in [5.41, 5.74) is 0.132. The van der Waals surface area contributed by atoms with E-state index in [1.54, 1.807) is 6.07 Å². The van der Waals surface area contributed by atoms with Gasteiger partial charge in [-0.1, -0.05) is 0 Å². The highest BCUT2D eigenvalue weighted by molar-refractivity contribution is 6.31. The van der Waals surface area contributed by atoms with Gasteiger partial charge in [-0.25, -0.2) is 0 Å². The highest BCUT2D eigenvalue weighted by Crippen LogP contribution is 2.25. The molecule has 0 amide bonds. The molecule has 0 radical (unpaired) electrons. The molecule has 0 N–H and O–H groups in total. The van der Waals surface area contributed by atoms with Crippen molar-refractivity contribution in [2.24, 2.45) is 0 Å². The van der Waals surface area contributed by atoms with Gasteiger partial charge >= 0.3 is 0 Å². The fourth-order valence-corrected chi connectivity index (χ4v) is 1.54. The summed E-state index contributed by atoms with van der Waals surface area (Å²) < 4.78 is 0. The first-order valence-electron chi connectivity index (χ1n) is 4.29. The van der Waals surface area contributed by atoms with Crippen LogP contribution in [0.15, 0.2) is 12.1 Å². The third-order valence-corrected chi connectivity index (χ3v) is 2.28. The Bertz CT molecular complexity index is 506. The van der Waals surface area contributed by atoms with Gasteiger partial charge in [0.15, 0.2) is 5.78 Å².